The highest BCUT2D eigenvalue weighted by Gasteiger charge is 2.46. The van der Waals surface area contributed by atoms with Crippen molar-refractivity contribution in [2.75, 3.05) is 6.54 Å². The van der Waals surface area contributed by atoms with Crippen LogP contribution in [0.4, 0.5) is 0 Å². The van der Waals surface area contributed by atoms with Gasteiger partial charge in [0.05, 0.1) is 0 Å². The lowest BCUT2D eigenvalue weighted by Gasteiger charge is -2.30. The molecule has 1 saturated carbocycles. The van der Waals surface area contributed by atoms with E-state index in [1.807, 2.05) is 0 Å². The fourth-order valence-electron chi connectivity index (χ4n) is 2.46. The maximum Gasteiger partial charge on any atom is 0.0309 e. The molecule has 3 atom stereocenters. The molecular weight excluding hydrogens is 196 g/mol. The third-order valence-corrected chi connectivity index (χ3v) is 3.89. The molecule has 0 saturated heterocycles. The second kappa shape index (κ2) is 4.56. The van der Waals surface area contributed by atoms with Crippen LogP contribution in [0.3, 0.4) is 0 Å². The molecule has 88 valence electrons. The molecule has 0 aromatic heterocycles. The van der Waals surface area contributed by atoms with E-state index in [4.69, 9.17) is 5.73 Å². The Kier molecular flexibility index (Phi) is 3.31. The van der Waals surface area contributed by atoms with Crippen LogP contribution in [0.25, 0.3) is 0 Å². The van der Waals surface area contributed by atoms with Crippen LogP contribution in [0.15, 0.2) is 30.3 Å². The van der Waals surface area contributed by atoms with Crippen LogP contribution < -0.4 is 11.1 Å². The first-order valence-electron chi connectivity index (χ1n) is 6.15. The fraction of sp³-hybridized carbons (Fsp3) is 0.571. The zero-order valence-corrected chi connectivity index (χ0v) is 10.2. The van der Waals surface area contributed by atoms with Gasteiger partial charge in [0.25, 0.3) is 0 Å². The van der Waals surface area contributed by atoms with Gasteiger partial charge in [-0.05, 0) is 30.7 Å². The van der Waals surface area contributed by atoms with Crippen molar-refractivity contribution >= 4 is 0 Å². The summed E-state index contributed by atoms with van der Waals surface area (Å²) in [4.78, 5) is 0. The molecule has 0 bridgehead atoms. The summed E-state index contributed by atoms with van der Waals surface area (Å²) in [5.74, 6) is 1.58. The van der Waals surface area contributed by atoms with Gasteiger partial charge < -0.3 is 11.1 Å². The normalized spacial score (nSPS) is 27.4. The first-order valence-corrected chi connectivity index (χ1v) is 6.15. The topological polar surface area (TPSA) is 38.0 Å². The summed E-state index contributed by atoms with van der Waals surface area (Å²) in [6.07, 6.45) is 1.31. The lowest BCUT2D eigenvalue weighted by atomic mass is 9.94. The molecule has 0 aliphatic heterocycles. The number of nitrogens with two attached hydrogens (primary N) is 1. The van der Waals surface area contributed by atoms with Crippen molar-refractivity contribution in [3.8, 4) is 0 Å². The third kappa shape index (κ3) is 2.45. The second-order valence-electron chi connectivity index (χ2n) is 5.28. The molecule has 1 aliphatic carbocycles. The minimum Gasteiger partial charge on any atom is -0.329 e. The summed E-state index contributed by atoms with van der Waals surface area (Å²) in [6, 6.07) is 10.5. The zero-order chi connectivity index (χ0) is 11.6. The lowest BCUT2D eigenvalue weighted by molar-refractivity contribution is 0.305. The monoisotopic (exact) mass is 218 g/mol. The number of hydrogen-bond acceptors (Lipinski definition) is 2. The van der Waals surface area contributed by atoms with Crippen molar-refractivity contribution in [1.29, 1.82) is 0 Å². The maximum atomic E-state index is 5.91. The standard InChI is InChI=1S/C14H22N2/c1-11-8-13(11)14(2,10-15)16-9-12-6-4-3-5-7-12/h3-7,11,13,16H,8-10,15H2,1-2H3. The molecule has 1 aromatic carbocycles. The van der Waals surface area contributed by atoms with Crippen molar-refractivity contribution < 1.29 is 0 Å². The molecule has 2 heteroatoms. The average Bonchev–Trinajstić information content (AvgIpc) is 3.05. The van der Waals surface area contributed by atoms with Gasteiger partial charge in [-0.3, -0.25) is 0 Å². The maximum absolute atomic E-state index is 5.91. The van der Waals surface area contributed by atoms with Gasteiger partial charge in [0, 0.05) is 18.6 Å². The SMILES string of the molecule is CC1CC1C(C)(CN)NCc1ccccc1. The Balaban J connectivity index is 1.93. The van der Waals surface area contributed by atoms with Gasteiger partial charge in [0.15, 0.2) is 0 Å². The summed E-state index contributed by atoms with van der Waals surface area (Å²) >= 11 is 0. The summed E-state index contributed by atoms with van der Waals surface area (Å²) < 4.78 is 0. The number of nitrogens with one attached hydrogen (secondary N) is 1. The number of benzene rings is 1. The van der Waals surface area contributed by atoms with Gasteiger partial charge in [-0.25, -0.2) is 0 Å². The molecule has 0 heterocycles. The first kappa shape index (κ1) is 11.6. The summed E-state index contributed by atoms with van der Waals surface area (Å²) in [7, 11) is 0. The second-order valence-corrected chi connectivity index (χ2v) is 5.28. The molecule has 1 aliphatic rings. The molecule has 1 fully saturated rings. The Morgan fingerprint density at radius 2 is 2.00 bits per heavy atom. The van der Waals surface area contributed by atoms with E-state index in [1.165, 1.54) is 12.0 Å². The van der Waals surface area contributed by atoms with Crippen LogP contribution >= 0.6 is 0 Å². The van der Waals surface area contributed by atoms with Gasteiger partial charge in [-0.2, -0.15) is 0 Å². The first-order chi connectivity index (χ1) is 7.65. The van der Waals surface area contributed by atoms with E-state index in [0.717, 1.165) is 24.9 Å². The molecule has 16 heavy (non-hydrogen) atoms. The molecular formula is C14H22N2. The van der Waals surface area contributed by atoms with Gasteiger partial charge >= 0.3 is 0 Å². The summed E-state index contributed by atoms with van der Waals surface area (Å²) in [5.41, 5.74) is 7.35. The number of rotatable bonds is 5. The molecule has 0 radical (unpaired) electrons. The van der Waals surface area contributed by atoms with E-state index in [1.54, 1.807) is 0 Å². The van der Waals surface area contributed by atoms with Crippen molar-refractivity contribution in [3.05, 3.63) is 35.9 Å². The van der Waals surface area contributed by atoms with Gasteiger partial charge in [-0.15, -0.1) is 0 Å². The third-order valence-electron chi connectivity index (χ3n) is 3.89. The van der Waals surface area contributed by atoms with Gasteiger partial charge in [0.1, 0.15) is 0 Å². The minimum atomic E-state index is 0.106. The van der Waals surface area contributed by atoms with Crippen LogP contribution in [-0.2, 0) is 6.54 Å². The van der Waals surface area contributed by atoms with Crippen molar-refractivity contribution in [2.45, 2.75) is 32.4 Å². The van der Waals surface area contributed by atoms with Crippen LogP contribution in [-0.4, -0.2) is 12.1 Å². The quantitative estimate of drug-likeness (QED) is 0.794. The highest BCUT2D eigenvalue weighted by atomic mass is 15.0. The summed E-state index contributed by atoms with van der Waals surface area (Å²) in [5, 5.41) is 3.63. The molecule has 0 amide bonds. The van der Waals surface area contributed by atoms with E-state index in [-0.39, 0.29) is 5.54 Å². The molecule has 1 aromatic rings. The Labute approximate surface area is 98.2 Å². The van der Waals surface area contributed by atoms with E-state index in [0.29, 0.717) is 0 Å². The Hall–Kier alpha value is -0.860. The fourth-order valence-corrected chi connectivity index (χ4v) is 2.46. The molecule has 0 spiro atoms. The van der Waals surface area contributed by atoms with Gasteiger partial charge in [-0.1, -0.05) is 37.3 Å². The lowest BCUT2D eigenvalue weighted by Crippen LogP contribution is -2.50. The van der Waals surface area contributed by atoms with E-state index in [9.17, 15) is 0 Å². The Morgan fingerprint density at radius 1 is 1.38 bits per heavy atom. The predicted molar refractivity (Wildman–Crippen MR) is 68.0 cm³/mol. The van der Waals surface area contributed by atoms with Crippen molar-refractivity contribution in [2.24, 2.45) is 17.6 Å². The van der Waals surface area contributed by atoms with Crippen LogP contribution in [0.1, 0.15) is 25.8 Å². The molecule has 2 rings (SSSR count). The zero-order valence-electron chi connectivity index (χ0n) is 10.2. The Bertz CT molecular complexity index is 336. The highest BCUT2D eigenvalue weighted by molar-refractivity contribution is 5.15. The predicted octanol–water partition coefficient (Wildman–Crippen LogP) is 2.15. The molecule has 2 nitrogen and oxygen atoms in total. The van der Waals surface area contributed by atoms with E-state index < -0.39 is 0 Å². The van der Waals surface area contributed by atoms with Crippen LogP contribution in [0.2, 0.25) is 0 Å². The highest BCUT2D eigenvalue weighted by Crippen LogP contribution is 2.45. The largest absolute Gasteiger partial charge is 0.329 e. The summed E-state index contributed by atoms with van der Waals surface area (Å²) in [6.45, 7) is 6.19. The minimum absolute atomic E-state index is 0.106. The van der Waals surface area contributed by atoms with Crippen LogP contribution in [0, 0.1) is 11.8 Å². The number of hydrogen-bond donors (Lipinski definition) is 2. The molecule has 3 N–H and O–H groups in total. The van der Waals surface area contributed by atoms with Crippen molar-refractivity contribution in [1.82, 2.24) is 5.32 Å². The average molecular weight is 218 g/mol. The molecule has 3 unspecified atom stereocenters. The van der Waals surface area contributed by atoms with Gasteiger partial charge in [0.2, 0.25) is 0 Å². The Morgan fingerprint density at radius 3 is 2.50 bits per heavy atom. The van der Waals surface area contributed by atoms with E-state index in [2.05, 4.69) is 49.5 Å². The van der Waals surface area contributed by atoms with Crippen molar-refractivity contribution in [3.63, 3.8) is 0 Å². The van der Waals surface area contributed by atoms with Crippen LogP contribution in [0.5, 0.6) is 0 Å². The van der Waals surface area contributed by atoms with E-state index >= 15 is 0 Å². The smallest absolute Gasteiger partial charge is 0.0309 e.